The molecule has 0 unspecified atom stereocenters. The summed E-state index contributed by atoms with van der Waals surface area (Å²) >= 11 is 12.2. The molecule has 0 radical (unpaired) electrons. The number of benzene rings is 2. The van der Waals surface area contributed by atoms with E-state index < -0.39 is 42.4 Å². The molecule has 2 aliphatic rings. The van der Waals surface area contributed by atoms with Gasteiger partial charge in [0.25, 0.3) is 0 Å². The average molecular weight is 558 g/mol. The second kappa shape index (κ2) is 11.7. The summed E-state index contributed by atoms with van der Waals surface area (Å²) in [5.74, 6) is 0.168. The van der Waals surface area contributed by atoms with Gasteiger partial charge in [-0.05, 0) is 23.3 Å². The Morgan fingerprint density at radius 3 is 2.47 bits per heavy atom. The van der Waals surface area contributed by atoms with Gasteiger partial charge in [0, 0.05) is 13.1 Å². The smallest absolute Gasteiger partial charge is 0.334 e. The van der Waals surface area contributed by atoms with Crippen molar-refractivity contribution in [2.24, 2.45) is 0 Å². The normalized spacial score (nSPS) is 19.7. The Balaban J connectivity index is 1.67. The molecule has 2 saturated heterocycles. The standard InChI is InChI=1S/C26H25Cl2N5O5/c1-2-10-31-16-23(34)32-21(12-24(35)36)25(37)30(14-18-8-9-19(27)20(28)11-18)15-22(32)33(31)26(38)29-13-17-6-4-3-5-7-17/h1,3-9,11,21-22H,10,12-16H2,(H,29,38)(H,35,36)/t21-,22-/m0/s1. The Hall–Kier alpha value is -3.78. The highest BCUT2D eigenvalue weighted by atomic mass is 35.5. The van der Waals surface area contributed by atoms with Crippen LogP contribution in [0.3, 0.4) is 0 Å². The second-order valence-electron chi connectivity index (χ2n) is 8.88. The number of hydrogen-bond donors (Lipinski definition) is 2. The molecule has 38 heavy (non-hydrogen) atoms. The van der Waals surface area contributed by atoms with Crippen molar-refractivity contribution in [3.05, 3.63) is 69.7 Å². The van der Waals surface area contributed by atoms with Crippen LogP contribution in [0.1, 0.15) is 17.5 Å². The summed E-state index contributed by atoms with van der Waals surface area (Å²) in [5, 5.41) is 15.8. The molecule has 2 heterocycles. The highest BCUT2D eigenvalue weighted by Crippen LogP contribution is 2.30. The number of carboxylic acids is 1. The average Bonchev–Trinajstić information content (AvgIpc) is 2.88. The number of terminal acetylenes is 1. The number of rotatable bonds is 7. The lowest BCUT2D eigenvalue weighted by molar-refractivity contribution is -0.190. The van der Waals surface area contributed by atoms with E-state index in [1.807, 2.05) is 30.3 Å². The van der Waals surface area contributed by atoms with Crippen LogP contribution in [0.15, 0.2) is 48.5 Å². The number of hydrogen-bond acceptors (Lipinski definition) is 5. The van der Waals surface area contributed by atoms with Crippen molar-refractivity contribution in [3.63, 3.8) is 0 Å². The number of aliphatic carboxylic acids is 1. The van der Waals surface area contributed by atoms with Gasteiger partial charge in [-0.1, -0.05) is 65.5 Å². The van der Waals surface area contributed by atoms with Gasteiger partial charge in [-0.25, -0.2) is 9.80 Å². The molecule has 2 N–H and O–H groups in total. The summed E-state index contributed by atoms with van der Waals surface area (Å²) in [6.07, 6.45) is 3.93. The van der Waals surface area contributed by atoms with Crippen molar-refractivity contribution >= 4 is 47.0 Å². The number of nitrogens with one attached hydrogen (secondary N) is 1. The van der Waals surface area contributed by atoms with Gasteiger partial charge < -0.3 is 20.2 Å². The molecule has 2 atom stereocenters. The van der Waals surface area contributed by atoms with E-state index in [2.05, 4.69) is 11.2 Å². The third-order valence-electron chi connectivity index (χ3n) is 6.32. The zero-order chi connectivity index (χ0) is 27.4. The Bertz CT molecular complexity index is 1280. The second-order valence-corrected chi connectivity index (χ2v) is 9.69. The molecule has 2 aromatic rings. The molecular weight excluding hydrogens is 533 g/mol. The summed E-state index contributed by atoms with van der Waals surface area (Å²) in [6, 6.07) is 12.3. The molecule has 198 valence electrons. The maximum absolute atomic E-state index is 13.5. The fourth-order valence-corrected chi connectivity index (χ4v) is 4.98. The van der Waals surface area contributed by atoms with Gasteiger partial charge in [0.1, 0.15) is 12.2 Å². The van der Waals surface area contributed by atoms with Crippen LogP contribution in [-0.4, -0.2) is 80.6 Å². The number of piperazine rings is 1. The molecule has 0 aliphatic carbocycles. The van der Waals surface area contributed by atoms with Crippen LogP contribution in [-0.2, 0) is 27.5 Å². The number of carboxylic acid groups (broad SMARTS) is 1. The first kappa shape index (κ1) is 27.3. The highest BCUT2D eigenvalue weighted by Gasteiger charge is 2.51. The van der Waals surface area contributed by atoms with E-state index in [4.69, 9.17) is 29.6 Å². The van der Waals surface area contributed by atoms with E-state index in [1.165, 1.54) is 19.8 Å². The van der Waals surface area contributed by atoms with E-state index in [9.17, 15) is 24.3 Å². The molecule has 2 fully saturated rings. The fraction of sp³-hybridized carbons (Fsp3) is 0.308. The van der Waals surface area contributed by atoms with Gasteiger partial charge in [-0.3, -0.25) is 14.4 Å². The topological polar surface area (TPSA) is 114 Å². The van der Waals surface area contributed by atoms with Crippen molar-refractivity contribution < 1.29 is 24.3 Å². The number of urea groups is 1. The maximum atomic E-state index is 13.5. The first-order valence-corrected chi connectivity index (χ1v) is 12.5. The Labute approximate surface area is 229 Å². The zero-order valence-electron chi connectivity index (χ0n) is 20.2. The minimum atomic E-state index is -1.31. The number of fused-ring (bicyclic) bond motifs is 1. The van der Waals surface area contributed by atoms with Crippen LogP contribution in [0.4, 0.5) is 4.79 Å². The Morgan fingerprint density at radius 1 is 1.08 bits per heavy atom. The summed E-state index contributed by atoms with van der Waals surface area (Å²) in [6.45, 7) is -0.111. The lowest BCUT2D eigenvalue weighted by Gasteiger charge is -2.54. The predicted molar refractivity (Wildman–Crippen MR) is 139 cm³/mol. The number of hydrazine groups is 1. The Morgan fingerprint density at radius 2 is 1.82 bits per heavy atom. The van der Waals surface area contributed by atoms with Crippen LogP contribution in [0.5, 0.6) is 0 Å². The molecule has 2 aliphatic heterocycles. The largest absolute Gasteiger partial charge is 0.481 e. The summed E-state index contributed by atoms with van der Waals surface area (Å²) in [4.78, 5) is 54.5. The monoisotopic (exact) mass is 557 g/mol. The molecule has 0 saturated carbocycles. The first-order chi connectivity index (χ1) is 18.2. The quantitative estimate of drug-likeness (QED) is 0.505. The summed E-state index contributed by atoms with van der Waals surface area (Å²) in [7, 11) is 0. The molecule has 12 heteroatoms. The number of carbonyl (C=O) groups excluding carboxylic acids is 3. The number of carbonyl (C=O) groups is 4. The summed E-state index contributed by atoms with van der Waals surface area (Å²) < 4.78 is 0. The first-order valence-electron chi connectivity index (χ1n) is 11.7. The van der Waals surface area contributed by atoms with Gasteiger partial charge in [-0.15, -0.1) is 6.42 Å². The van der Waals surface area contributed by atoms with E-state index in [-0.39, 0.29) is 32.7 Å². The van der Waals surface area contributed by atoms with E-state index >= 15 is 0 Å². The molecule has 0 bridgehead atoms. The maximum Gasteiger partial charge on any atom is 0.334 e. The van der Waals surface area contributed by atoms with Crippen molar-refractivity contribution in [3.8, 4) is 12.3 Å². The lowest BCUT2D eigenvalue weighted by atomic mass is 10.0. The van der Waals surface area contributed by atoms with E-state index in [0.717, 1.165) is 5.56 Å². The molecule has 10 nitrogen and oxygen atoms in total. The van der Waals surface area contributed by atoms with E-state index in [0.29, 0.717) is 15.6 Å². The van der Waals surface area contributed by atoms with Gasteiger partial charge in [0.2, 0.25) is 11.8 Å². The molecule has 0 spiro atoms. The van der Waals surface area contributed by atoms with E-state index in [1.54, 1.807) is 18.2 Å². The lowest BCUT2D eigenvalue weighted by Crippen LogP contribution is -2.76. The van der Waals surface area contributed by atoms with Crippen molar-refractivity contribution in [2.75, 3.05) is 19.6 Å². The van der Waals surface area contributed by atoms with Gasteiger partial charge in [0.05, 0.1) is 36.1 Å². The highest BCUT2D eigenvalue weighted by molar-refractivity contribution is 6.42. The minimum absolute atomic E-state index is 0.0425. The SMILES string of the molecule is C#CCN1CC(=O)N2[C@@H](CC(=O)O)C(=O)N(Cc3ccc(Cl)c(Cl)c3)C[C@@H]2N1C(=O)NCc1ccccc1. The minimum Gasteiger partial charge on any atom is -0.481 e. The Kier molecular flexibility index (Phi) is 8.42. The molecule has 0 aromatic heterocycles. The third-order valence-corrected chi connectivity index (χ3v) is 7.06. The zero-order valence-corrected chi connectivity index (χ0v) is 21.7. The number of amides is 4. The van der Waals surface area contributed by atoms with Crippen LogP contribution < -0.4 is 5.32 Å². The van der Waals surface area contributed by atoms with Gasteiger partial charge >= 0.3 is 12.0 Å². The van der Waals surface area contributed by atoms with Gasteiger partial charge in [0.15, 0.2) is 0 Å². The number of nitrogens with zero attached hydrogens (tertiary/aromatic N) is 4. The third kappa shape index (κ3) is 5.86. The predicted octanol–water partition coefficient (Wildman–Crippen LogP) is 2.41. The van der Waals surface area contributed by atoms with Crippen molar-refractivity contribution in [1.82, 2.24) is 25.1 Å². The van der Waals surface area contributed by atoms with Gasteiger partial charge in [-0.2, -0.15) is 5.01 Å². The summed E-state index contributed by atoms with van der Waals surface area (Å²) in [5.41, 5.74) is 1.51. The van der Waals surface area contributed by atoms with Crippen LogP contribution in [0, 0.1) is 12.3 Å². The molecule has 2 aromatic carbocycles. The fourth-order valence-electron chi connectivity index (χ4n) is 4.66. The van der Waals surface area contributed by atoms with Crippen molar-refractivity contribution in [2.45, 2.75) is 31.7 Å². The molecule has 4 rings (SSSR count). The molecular formula is C26H25Cl2N5O5. The molecule has 4 amide bonds. The van der Waals surface area contributed by atoms with Crippen LogP contribution in [0.2, 0.25) is 10.0 Å². The number of halogens is 2. The van der Waals surface area contributed by atoms with Crippen molar-refractivity contribution in [1.29, 1.82) is 0 Å². The van der Waals surface area contributed by atoms with Crippen LogP contribution >= 0.6 is 23.2 Å². The van der Waals surface area contributed by atoms with Crippen LogP contribution in [0.25, 0.3) is 0 Å².